The van der Waals surface area contributed by atoms with Crippen molar-refractivity contribution < 1.29 is 22.7 Å². The van der Waals surface area contributed by atoms with Crippen LogP contribution in [0.1, 0.15) is 32.3 Å². The van der Waals surface area contributed by atoms with Crippen molar-refractivity contribution in [2.75, 3.05) is 12.4 Å². The van der Waals surface area contributed by atoms with E-state index in [1.165, 1.54) is 29.3 Å². The zero-order valence-corrected chi connectivity index (χ0v) is 18.7. The number of nitrogens with one attached hydrogen (secondary N) is 1. The van der Waals surface area contributed by atoms with Crippen LogP contribution in [0.5, 0.6) is 0 Å². The molecule has 5 atom stereocenters. The highest BCUT2D eigenvalue weighted by Crippen LogP contribution is 2.78. The van der Waals surface area contributed by atoms with E-state index in [9.17, 15) is 18.0 Å². The molecular weight excluding hydrogens is 451 g/mol. The smallest absolute Gasteiger partial charge is 0.379 e. The maximum Gasteiger partial charge on any atom is 0.418 e. The van der Waals surface area contributed by atoms with Gasteiger partial charge in [0.05, 0.1) is 35.3 Å². The van der Waals surface area contributed by atoms with Crippen LogP contribution < -0.4 is 5.32 Å². The van der Waals surface area contributed by atoms with Crippen molar-refractivity contribution in [1.82, 2.24) is 29.5 Å². The zero-order valence-electron chi connectivity index (χ0n) is 18.7. The van der Waals surface area contributed by atoms with Gasteiger partial charge in [0.25, 0.3) is 0 Å². The topological polar surface area (TPSA) is 97.5 Å². The van der Waals surface area contributed by atoms with Gasteiger partial charge in [0, 0.05) is 30.8 Å². The summed E-state index contributed by atoms with van der Waals surface area (Å²) in [5.74, 6) is 0.397. The van der Waals surface area contributed by atoms with E-state index in [0.717, 1.165) is 12.8 Å². The second-order valence-corrected chi connectivity index (χ2v) is 9.70. The summed E-state index contributed by atoms with van der Waals surface area (Å²) in [4.78, 5) is 27.1. The lowest BCUT2D eigenvalue weighted by atomic mass is 9.30. The summed E-state index contributed by atoms with van der Waals surface area (Å²) in [5, 5.41) is 6.67. The molecule has 2 saturated carbocycles. The van der Waals surface area contributed by atoms with Gasteiger partial charge in [-0.05, 0) is 31.2 Å². The Bertz CT molecular complexity index is 1330. The minimum absolute atomic E-state index is 0.0126. The number of urea groups is 1. The Morgan fingerprint density at radius 2 is 2.09 bits per heavy atom. The lowest BCUT2D eigenvalue weighted by Crippen LogP contribution is -2.95. The van der Waals surface area contributed by atoms with Crippen molar-refractivity contribution in [1.29, 1.82) is 0 Å². The van der Waals surface area contributed by atoms with Gasteiger partial charge < -0.3 is 9.64 Å². The second kappa shape index (κ2) is 6.65. The number of pyridine rings is 1. The third-order valence-corrected chi connectivity index (χ3v) is 7.98. The van der Waals surface area contributed by atoms with E-state index in [2.05, 4.69) is 32.3 Å². The Kier molecular flexibility index (Phi) is 4.16. The molecular formula is C22H22F3N7O2. The van der Waals surface area contributed by atoms with Gasteiger partial charge in [-0.3, -0.25) is 10.3 Å². The lowest BCUT2D eigenvalue weighted by molar-refractivity contribution is -0.361. The highest BCUT2D eigenvalue weighted by Gasteiger charge is 2.84. The lowest BCUT2D eigenvalue weighted by Gasteiger charge is -2.86. The zero-order chi connectivity index (χ0) is 24.0. The fourth-order valence-corrected chi connectivity index (χ4v) is 6.61. The average Bonchev–Trinajstić information content (AvgIpc) is 3.24. The molecule has 3 aromatic rings. The Balaban J connectivity index is 1.33. The molecule has 0 spiro atoms. The van der Waals surface area contributed by atoms with Gasteiger partial charge in [0.1, 0.15) is 12.1 Å². The number of hydrogen-bond acceptors (Lipinski definition) is 6. The number of carbonyl (C=O) groups is 1. The molecule has 4 heterocycles. The molecule has 1 aliphatic heterocycles. The van der Waals surface area contributed by atoms with Crippen LogP contribution in [0.15, 0.2) is 31.0 Å². The Morgan fingerprint density at radius 1 is 1.29 bits per heavy atom. The predicted octanol–water partition coefficient (Wildman–Crippen LogP) is 3.62. The summed E-state index contributed by atoms with van der Waals surface area (Å²) in [5.41, 5.74) is -0.885. The van der Waals surface area contributed by atoms with Gasteiger partial charge in [-0.15, -0.1) is 0 Å². The molecule has 0 radical (unpaired) electrons. The van der Waals surface area contributed by atoms with Crippen molar-refractivity contribution >= 4 is 17.5 Å². The van der Waals surface area contributed by atoms with Crippen LogP contribution in [0, 0.1) is 11.3 Å². The Morgan fingerprint density at radius 3 is 2.76 bits per heavy atom. The second-order valence-electron chi connectivity index (χ2n) is 9.70. The molecule has 1 saturated heterocycles. The molecule has 2 unspecified atom stereocenters. The van der Waals surface area contributed by atoms with E-state index >= 15 is 0 Å². The molecule has 1 N–H and O–H groups in total. The summed E-state index contributed by atoms with van der Waals surface area (Å²) in [6.07, 6.45) is 1.64. The number of fused-ring (bicyclic) bond motifs is 1. The molecule has 34 heavy (non-hydrogen) atoms. The molecule has 0 aromatic carbocycles. The first-order valence-corrected chi connectivity index (χ1v) is 10.9. The summed E-state index contributed by atoms with van der Waals surface area (Å²) in [6, 6.07) is 0.924. The fourth-order valence-electron chi connectivity index (χ4n) is 6.61. The van der Waals surface area contributed by atoms with E-state index in [4.69, 9.17) is 4.74 Å². The number of alkyl halides is 3. The van der Waals surface area contributed by atoms with Crippen molar-refractivity contribution in [3.63, 3.8) is 0 Å². The summed E-state index contributed by atoms with van der Waals surface area (Å²) in [7, 11) is 1.62. The number of halogens is 3. The number of likely N-dealkylation sites (tertiary alicyclic amines) is 1. The number of piperidine rings is 3. The van der Waals surface area contributed by atoms with Crippen molar-refractivity contribution in [2.24, 2.45) is 11.3 Å². The first-order valence-electron chi connectivity index (χ1n) is 10.9. The highest BCUT2D eigenvalue weighted by atomic mass is 19.4. The molecule has 0 bridgehead atoms. The number of anilines is 1. The molecule has 12 heteroatoms. The van der Waals surface area contributed by atoms with Crippen LogP contribution >= 0.6 is 0 Å². The van der Waals surface area contributed by atoms with Crippen LogP contribution in [0.3, 0.4) is 0 Å². The van der Waals surface area contributed by atoms with Crippen molar-refractivity contribution in [3.05, 3.63) is 36.5 Å². The maximum absolute atomic E-state index is 13.7. The van der Waals surface area contributed by atoms with Gasteiger partial charge in [0.15, 0.2) is 5.65 Å². The predicted molar refractivity (Wildman–Crippen MR) is 114 cm³/mol. The minimum Gasteiger partial charge on any atom is -0.379 e. The number of rotatable bonds is 4. The first-order chi connectivity index (χ1) is 16.1. The summed E-state index contributed by atoms with van der Waals surface area (Å²) in [6.45, 7) is 4.18. The number of ether oxygens (including phenoxy) is 1. The van der Waals surface area contributed by atoms with Crippen molar-refractivity contribution in [2.45, 2.75) is 50.6 Å². The molecule has 9 nitrogen and oxygen atoms in total. The normalized spacial score (nSPS) is 30.1. The van der Waals surface area contributed by atoms with E-state index in [0.29, 0.717) is 17.8 Å². The number of hydrogen-bond donors (Lipinski definition) is 1. The number of aromatic nitrogens is 5. The standard InChI is InChI=1S/C22H22F3N7O2/c1-11(34-3)21-9-20(2)5-15(18(20)21)32(21)19(33)30-16-4-12(13(6-27-16)22(23,24)25)14-8-31-17(7-26-14)28-10-29-31/h4,6-8,10-11,15,18H,5,9H2,1-3H3,(H,27,30,33)/t11-,15?,18+,20+,21?/m1/s1. The third-order valence-electron chi connectivity index (χ3n) is 7.98. The van der Waals surface area contributed by atoms with E-state index in [1.807, 2.05) is 6.92 Å². The number of carbonyl (C=O) groups excluding carboxylic acids is 1. The van der Waals surface area contributed by atoms with E-state index in [-0.39, 0.29) is 46.2 Å². The maximum atomic E-state index is 13.7. The third kappa shape index (κ3) is 2.62. The molecule has 3 aliphatic rings. The fraction of sp³-hybridized carbons (Fsp3) is 0.500. The largest absolute Gasteiger partial charge is 0.418 e. The molecule has 178 valence electrons. The monoisotopic (exact) mass is 473 g/mol. The Hall–Kier alpha value is -3.28. The average molecular weight is 473 g/mol. The molecule has 3 fully saturated rings. The van der Waals surface area contributed by atoms with Gasteiger partial charge in [-0.25, -0.2) is 19.3 Å². The highest BCUT2D eigenvalue weighted by molar-refractivity contribution is 5.91. The quantitative estimate of drug-likeness (QED) is 0.622. The van der Waals surface area contributed by atoms with Crippen LogP contribution in [0.2, 0.25) is 0 Å². The van der Waals surface area contributed by atoms with Crippen LogP contribution in [-0.4, -0.2) is 60.3 Å². The van der Waals surface area contributed by atoms with Crippen LogP contribution in [0.25, 0.3) is 16.9 Å². The molecule has 6 rings (SSSR count). The van der Waals surface area contributed by atoms with E-state index < -0.39 is 11.7 Å². The number of nitrogens with zero attached hydrogens (tertiary/aromatic N) is 6. The van der Waals surface area contributed by atoms with Gasteiger partial charge in [0.2, 0.25) is 0 Å². The molecule has 2 aliphatic carbocycles. The van der Waals surface area contributed by atoms with Gasteiger partial charge in [-0.1, -0.05) is 6.92 Å². The number of amides is 2. The van der Waals surface area contributed by atoms with E-state index in [1.54, 1.807) is 12.0 Å². The van der Waals surface area contributed by atoms with Gasteiger partial charge in [-0.2, -0.15) is 18.3 Å². The number of methoxy groups -OCH3 is 1. The van der Waals surface area contributed by atoms with Crippen LogP contribution in [-0.2, 0) is 10.9 Å². The summed E-state index contributed by atoms with van der Waals surface area (Å²) >= 11 is 0. The summed E-state index contributed by atoms with van der Waals surface area (Å²) < 4.78 is 48.1. The Labute approximate surface area is 192 Å². The van der Waals surface area contributed by atoms with Crippen molar-refractivity contribution in [3.8, 4) is 11.3 Å². The minimum atomic E-state index is -4.66. The van der Waals surface area contributed by atoms with Gasteiger partial charge >= 0.3 is 12.2 Å². The first kappa shape index (κ1) is 21.3. The SMILES string of the molecule is CO[C@H](C)C12C[C@]3(C)CC([C@H]13)N2C(=O)Nc1cc(-c2cn3ncnc3cn2)c(C(F)(F)F)cn1. The molecule has 2 amide bonds. The van der Waals surface area contributed by atoms with Crippen LogP contribution in [0.4, 0.5) is 23.8 Å². The molecule has 3 aromatic heterocycles.